The Morgan fingerprint density at radius 3 is 2.50 bits per heavy atom. The van der Waals surface area contributed by atoms with Crippen LogP contribution < -0.4 is 9.47 Å². The van der Waals surface area contributed by atoms with E-state index in [-0.39, 0.29) is 11.3 Å². The first-order valence-corrected chi connectivity index (χ1v) is 5.69. The lowest BCUT2D eigenvalue weighted by Gasteiger charge is -2.11. The van der Waals surface area contributed by atoms with Gasteiger partial charge < -0.3 is 19.1 Å². The molecule has 2 rings (SSSR count). The van der Waals surface area contributed by atoms with Crippen LogP contribution in [0.15, 0.2) is 30.5 Å². The maximum Gasteiger partial charge on any atom is 0.354 e. The van der Waals surface area contributed by atoms with Gasteiger partial charge in [0.2, 0.25) is 0 Å². The summed E-state index contributed by atoms with van der Waals surface area (Å²) < 4.78 is 11.7. The van der Waals surface area contributed by atoms with E-state index in [1.165, 1.54) is 31.0 Å². The topological polar surface area (TPSA) is 84.5 Å². The highest BCUT2D eigenvalue weighted by Gasteiger charge is 2.18. The van der Waals surface area contributed by atoms with Gasteiger partial charge in [-0.25, -0.2) is 4.79 Å². The Kier molecular flexibility index (Phi) is 3.62. The summed E-state index contributed by atoms with van der Waals surface area (Å²) in [6.45, 7) is 0. The molecule has 0 aliphatic carbocycles. The predicted octanol–water partition coefficient (Wildman–Crippen LogP) is 2.06. The molecule has 0 spiro atoms. The summed E-state index contributed by atoms with van der Waals surface area (Å²) in [5.74, 6) is -0.143. The molecule has 6 heteroatoms. The molecule has 0 amide bonds. The van der Waals surface area contributed by atoms with E-state index in [4.69, 9.17) is 14.7 Å². The molecule has 1 heterocycles. The third kappa shape index (κ3) is 2.17. The van der Waals surface area contributed by atoms with Crippen molar-refractivity contribution in [3.05, 3.63) is 41.7 Å². The van der Waals surface area contributed by atoms with Crippen molar-refractivity contribution in [2.75, 3.05) is 14.2 Å². The number of methoxy groups -OCH3 is 2. The van der Waals surface area contributed by atoms with Crippen LogP contribution in [-0.4, -0.2) is 29.9 Å². The molecule has 0 unspecified atom stereocenters. The first kappa shape index (κ1) is 13.5. The second-order valence-electron chi connectivity index (χ2n) is 3.90. The van der Waals surface area contributed by atoms with Gasteiger partial charge in [0.05, 0.1) is 19.8 Å². The summed E-state index contributed by atoms with van der Waals surface area (Å²) >= 11 is 0. The van der Waals surface area contributed by atoms with Crippen molar-refractivity contribution in [3.63, 3.8) is 0 Å². The molecule has 0 aliphatic heterocycles. The molecule has 0 atom stereocenters. The minimum Gasteiger partial charge on any atom is -0.493 e. The Hall–Kier alpha value is -2.94. The fourth-order valence-corrected chi connectivity index (χ4v) is 1.93. The SMILES string of the molecule is COc1ccc(-n2ccc(C#N)c2C(=O)O)cc1OC. The van der Waals surface area contributed by atoms with Crippen LogP contribution in [-0.2, 0) is 0 Å². The van der Waals surface area contributed by atoms with Crippen LogP contribution in [0.4, 0.5) is 0 Å². The zero-order valence-corrected chi connectivity index (χ0v) is 11.0. The van der Waals surface area contributed by atoms with Gasteiger partial charge in [-0.15, -0.1) is 0 Å². The fraction of sp³-hybridized carbons (Fsp3) is 0.143. The Balaban J connectivity index is 2.61. The van der Waals surface area contributed by atoms with Gasteiger partial charge in [-0.2, -0.15) is 5.26 Å². The van der Waals surface area contributed by atoms with Crippen LogP contribution in [0.3, 0.4) is 0 Å². The van der Waals surface area contributed by atoms with E-state index in [1.54, 1.807) is 18.2 Å². The average molecular weight is 272 g/mol. The molecule has 1 aromatic carbocycles. The highest BCUT2D eigenvalue weighted by Crippen LogP contribution is 2.30. The van der Waals surface area contributed by atoms with Crippen LogP contribution in [0, 0.1) is 11.3 Å². The number of benzene rings is 1. The highest BCUT2D eigenvalue weighted by molar-refractivity contribution is 5.89. The molecule has 0 aliphatic rings. The molecule has 0 bridgehead atoms. The van der Waals surface area contributed by atoms with E-state index in [1.807, 2.05) is 6.07 Å². The standard InChI is InChI=1S/C14H12N2O4/c1-19-11-4-3-10(7-12(11)20-2)16-6-5-9(8-15)13(16)14(17)18/h3-7H,1-2H3,(H,17,18). The quantitative estimate of drug-likeness (QED) is 0.920. The molecule has 0 radical (unpaired) electrons. The summed E-state index contributed by atoms with van der Waals surface area (Å²) in [7, 11) is 3.01. The summed E-state index contributed by atoms with van der Waals surface area (Å²) in [6.07, 6.45) is 1.53. The zero-order valence-electron chi connectivity index (χ0n) is 11.0. The Bertz CT molecular complexity index is 698. The van der Waals surface area contributed by atoms with Crippen LogP contribution in [0.2, 0.25) is 0 Å². The Morgan fingerprint density at radius 1 is 1.25 bits per heavy atom. The number of carbonyl (C=O) groups is 1. The second-order valence-corrected chi connectivity index (χ2v) is 3.90. The van der Waals surface area contributed by atoms with Crippen molar-refractivity contribution in [2.24, 2.45) is 0 Å². The van der Waals surface area contributed by atoms with Gasteiger partial charge in [0.25, 0.3) is 0 Å². The molecule has 1 N–H and O–H groups in total. The van der Waals surface area contributed by atoms with Gasteiger partial charge in [0.15, 0.2) is 11.5 Å². The van der Waals surface area contributed by atoms with Gasteiger partial charge in [0, 0.05) is 18.0 Å². The summed E-state index contributed by atoms with van der Waals surface area (Å²) in [4.78, 5) is 11.3. The first-order valence-electron chi connectivity index (χ1n) is 5.69. The van der Waals surface area contributed by atoms with E-state index in [2.05, 4.69) is 0 Å². The number of hydrogen-bond donors (Lipinski definition) is 1. The maximum absolute atomic E-state index is 11.3. The van der Waals surface area contributed by atoms with Gasteiger partial charge in [-0.1, -0.05) is 0 Å². The largest absolute Gasteiger partial charge is 0.493 e. The molecular formula is C14H12N2O4. The van der Waals surface area contributed by atoms with E-state index in [9.17, 15) is 9.90 Å². The van der Waals surface area contributed by atoms with E-state index >= 15 is 0 Å². The van der Waals surface area contributed by atoms with Crippen molar-refractivity contribution in [1.82, 2.24) is 4.57 Å². The van der Waals surface area contributed by atoms with Crippen molar-refractivity contribution in [3.8, 4) is 23.3 Å². The number of ether oxygens (including phenoxy) is 2. The lowest BCUT2D eigenvalue weighted by atomic mass is 10.2. The molecule has 2 aromatic rings. The molecule has 0 fully saturated rings. The van der Waals surface area contributed by atoms with Crippen molar-refractivity contribution in [2.45, 2.75) is 0 Å². The second kappa shape index (κ2) is 5.36. The summed E-state index contributed by atoms with van der Waals surface area (Å²) in [6, 6.07) is 8.33. The number of aromatic carboxylic acids is 1. The minimum atomic E-state index is -1.17. The normalized spacial score (nSPS) is 9.85. The smallest absolute Gasteiger partial charge is 0.354 e. The summed E-state index contributed by atoms with van der Waals surface area (Å²) in [5, 5.41) is 18.2. The van der Waals surface area contributed by atoms with Crippen LogP contribution in [0.5, 0.6) is 11.5 Å². The van der Waals surface area contributed by atoms with Gasteiger partial charge >= 0.3 is 5.97 Å². The third-order valence-electron chi connectivity index (χ3n) is 2.85. The lowest BCUT2D eigenvalue weighted by molar-refractivity contribution is 0.0688. The minimum absolute atomic E-state index is 0.0836. The van der Waals surface area contributed by atoms with E-state index in [0.29, 0.717) is 17.2 Å². The molecule has 102 valence electrons. The molecule has 20 heavy (non-hydrogen) atoms. The maximum atomic E-state index is 11.3. The number of aromatic nitrogens is 1. The van der Waals surface area contributed by atoms with Crippen molar-refractivity contribution >= 4 is 5.97 Å². The van der Waals surface area contributed by atoms with Crippen molar-refractivity contribution in [1.29, 1.82) is 5.26 Å². The number of hydrogen-bond acceptors (Lipinski definition) is 4. The summed E-state index contributed by atoms with van der Waals surface area (Å²) in [5.41, 5.74) is 0.591. The van der Waals surface area contributed by atoms with Crippen LogP contribution >= 0.6 is 0 Å². The number of carboxylic acid groups (broad SMARTS) is 1. The van der Waals surface area contributed by atoms with Gasteiger partial charge in [-0.05, 0) is 18.2 Å². The average Bonchev–Trinajstić information content (AvgIpc) is 2.90. The molecule has 0 saturated carbocycles. The van der Waals surface area contributed by atoms with Crippen molar-refractivity contribution < 1.29 is 19.4 Å². The zero-order chi connectivity index (χ0) is 14.7. The number of nitriles is 1. The molecular weight excluding hydrogens is 260 g/mol. The third-order valence-corrected chi connectivity index (χ3v) is 2.85. The molecule has 6 nitrogen and oxygen atoms in total. The van der Waals surface area contributed by atoms with Crippen LogP contribution in [0.25, 0.3) is 5.69 Å². The number of rotatable bonds is 4. The predicted molar refractivity (Wildman–Crippen MR) is 70.5 cm³/mol. The molecule has 1 aromatic heterocycles. The molecule has 0 saturated heterocycles. The first-order chi connectivity index (χ1) is 9.62. The Labute approximate surface area is 115 Å². The van der Waals surface area contributed by atoms with E-state index < -0.39 is 5.97 Å². The lowest BCUT2D eigenvalue weighted by Crippen LogP contribution is -2.08. The van der Waals surface area contributed by atoms with Gasteiger partial charge in [-0.3, -0.25) is 0 Å². The Morgan fingerprint density at radius 2 is 1.95 bits per heavy atom. The fourth-order valence-electron chi connectivity index (χ4n) is 1.93. The highest BCUT2D eigenvalue weighted by atomic mass is 16.5. The van der Waals surface area contributed by atoms with E-state index in [0.717, 1.165) is 0 Å². The monoisotopic (exact) mass is 272 g/mol. The number of nitrogens with zero attached hydrogens (tertiary/aromatic N) is 2. The van der Waals surface area contributed by atoms with Crippen LogP contribution in [0.1, 0.15) is 16.1 Å². The number of carboxylic acids is 1. The van der Waals surface area contributed by atoms with Gasteiger partial charge in [0.1, 0.15) is 11.8 Å².